The number of rotatable bonds is 7. The molecule has 1 aromatic rings. The van der Waals surface area contributed by atoms with Crippen LogP contribution in [0, 0.1) is 0 Å². The molecule has 0 amide bonds. The minimum atomic E-state index is -2.22. The molecule has 20 heavy (non-hydrogen) atoms. The van der Waals surface area contributed by atoms with E-state index in [2.05, 4.69) is 4.89 Å². The third-order valence-electron chi connectivity index (χ3n) is 2.58. The van der Waals surface area contributed by atoms with E-state index in [1.54, 1.807) is 24.3 Å². The van der Waals surface area contributed by atoms with Crippen molar-refractivity contribution in [3.05, 3.63) is 29.8 Å². The van der Waals surface area contributed by atoms with E-state index < -0.39 is 24.1 Å². The topological polar surface area (TPSA) is 113 Å². The highest BCUT2D eigenvalue weighted by Gasteiger charge is 2.35. The minimum Gasteiger partial charge on any atom is -0.479 e. The smallest absolute Gasteiger partial charge is 0.340 e. The lowest BCUT2D eigenvalue weighted by Crippen LogP contribution is -2.42. The molecule has 1 rings (SSSR count). The highest BCUT2D eigenvalue weighted by atomic mass is 17.2. The molecule has 2 unspecified atom stereocenters. The molecule has 0 saturated carbocycles. The van der Waals surface area contributed by atoms with Gasteiger partial charge in [-0.15, -0.1) is 0 Å². The second kappa shape index (κ2) is 6.88. The van der Waals surface area contributed by atoms with E-state index in [0.717, 1.165) is 5.56 Å². The zero-order chi connectivity index (χ0) is 15.3. The number of carbonyl (C=O) groups is 2. The molecule has 3 N–H and O–H groups in total. The molecule has 0 aliphatic heterocycles. The molecular weight excluding hydrogens is 268 g/mol. The van der Waals surface area contributed by atoms with Gasteiger partial charge in [-0.25, -0.2) is 9.59 Å². The van der Waals surface area contributed by atoms with Crippen molar-refractivity contribution in [2.24, 2.45) is 0 Å². The second-order valence-electron chi connectivity index (χ2n) is 4.45. The third kappa shape index (κ3) is 4.22. The van der Waals surface area contributed by atoms with Crippen molar-refractivity contribution in [3.63, 3.8) is 0 Å². The highest BCUT2D eigenvalue weighted by Crippen LogP contribution is 2.19. The van der Waals surface area contributed by atoms with Crippen LogP contribution < -0.4 is 4.89 Å². The minimum absolute atomic E-state index is 0.207. The summed E-state index contributed by atoms with van der Waals surface area (Å²) in [6.07, 6.45) is -4.24. The molecule has 0 aromatic heterocycles. The summed E-state index contributed by atoms with van der Waals surface area (Å²) in [4.78, 5) is 30.5. The van der Waals surface area contributed by atoms with E-state index in [1.807, 2.05) is 13.8 Å². The molecule has 7 nitrogen and oxygen atoms in total. The summed E-state index contributed by atoms with van der Waals surface area (Å²) in [6, 6.07) is 6.66. The lowest BCUT2D eigenvalue weighted by atomic mass is 10.0. The number of carboxylic acid groups (broad SMARTS) is 2. The largest absolute Gasteiger partial charge is 0.479 e. The van der Waals surface area contributed by atoms with Gasteiger partial charge >= 0.3 is 11.9 Å². The van der Waals surface area contributed by atoms with Gasteiger partial charge in [0.1, 0.15) is 0 Å². The first-order chi connectivity index (χ1) is 9.32. The molecule has 7 heteroatoms. The fourth-order valence-corrected chi connectivity index (χ4v) is 1.37. The molecule has 2 atom stereocenters. The quantitative estimate of drug-likeness (QED) is 0.506. The summed E-state index contributed by atoms with van der Waals surface area (Å²) >= 11 is 0. The van der Waals surface area contributed by atoms with E-state index in [9.17, 15) is 9.59 Å². The molecule has 0 heterocycles. The van der Waals surface area contributed by atoms with Gasteiger partial charge in [0.15, 0.2) is 11.9 Å². The summed E-state index contributed by atoms with van der Waals surface area (Å²) in [5, 5.41) is 26.5. The van der Waals surface area contributed by atoms with E-state index in [1.165, 1.54) is 0 Å². The van der Waals surface area contributed by atoms with Crippen LogP contribution in [0.15, 0.2) is 24.3 Å². The van der Waals surface area contributed by atoms with Crippen LogP contribution in [0.2, 0.25) is 0 Å². The lowest BCUT2D eigenvalue weighted by molar-refractivity contribution is -0.264. The Kier molecular flexibility index (Phi) is 5.48. The lowest BCUT2D eigenvalue weighted by Gasteiger charge is -2.15. The molecular formula is C13H16O7. The Morgan fingerprint density at radius 2 is 1.60 bits per heavy atom. The van der Waals surface area contributed by atoms with Crippen molar-refractivity contribution in [1.29, 1.82) is 0 Å². The third-order valence-corrected chi connectivity index (χ3v) is 2.58. The molecule has 0 aliphatic carbocycles. The van der Waals surface area contributed by atoms with Crippen LogP contribution >= 0.6 is 0 Å². The fourth-order valence-electron chi connectivity index (χ4n) is 1.37. The normalized spacial score (nSPS) is 13.8. The number of carboxylic acids is 2. The Bertz CT molecular complexity index is 466. The summed E-state index contributed by atoms with van der Waals surface area (Å²) < 4.78 is 0. The van der Waals surface area contributed by atoms with Gasteiger partial charge in [0.2, 0.25) is 6.10 Å². The predicted molar refractivity (Wildman–Crippen MR) is 67.3 cm³/mol. The monoisotopic (exact) mass is 284 g/mol. The number of hydrogen-bond acceptors (Lipinski definition) is 5. The Morgan fingerprint density at radius 3 is 2.00 bits per heavy atom. The summed E-state index contributed by atoms with van der Waals surface area (Å²) in [7, 11) is 0. The highest BCUT2D eigenvalue weighted by molar-refractivity contribution is 5.83. The maximum Gasteiger partial charge on any atom is 0.340 e. The van der Waals surface area contributed by atoms with Crippen molar-refractivity contribution in [2.75, 3.05) is 0 Å². The van der Waals surface area contributed by atoms with Gasteiger partial charge in [0, 0.05) is 0 Å². The van der Waals surface area contributed by atoms with Gasteiger partial charge < -0.3 is 20.2 Å². The summed E-state index contributed by atoms with van der Waals surface area (Å²) in [6.45, 7) is 4.02. The zero-order valence-electron chi connectivity index (χ0n) is 11.0. The van der Waals surface area contributed by atoms with Crippen LogP contribution in [0.1, 0.15) is 25.3 Å². The fraction of sp³-hybridized carbons (Fsp3) is 0.385. The predicted octanol–water partition coefficient (Wildman–Crippen LogP) is 1.02. The number of aliphatic hydroxyl groups excluding tert-OH is 1. The molecule has 110 valence electrons. The second-order valence-corrected chi connectivity index (χ2v) is 4.45. The maximum atomic E-state index is 10.8. The molecule has 0 saturated heterocycles. The van der Waals surface area contributed by atoms with Crippen LogP contribution in [-0.4, -0.2) is 39.5 Å². The average Bonchev–Trinajstić information content (AvgIpc) is 2.38. The van der Waals surface area contributed by atoms with Gasteiger partial charge in [-0.2, -0.15) is 4.89 Å². The van der Waals surface area contributed by atoms with Gasteiger partial charge in [0.25, 0.3) is 0 Å². The van der Waals surface area contributed by atoms with Gasteiger partial charge in [-0.3, -0.25) is 0 Å². The van der Waals surface area contributed by atoms with E-state index in [0.29, 0.717) is 5.92 Å². The average molecular weight is 284 g/mol. The van der Waals surface area contributed by atoms with Crippen LogP contribution in [0.25, 0.3) is 0 Å². The summed E-state index contributed by atoms with van der Waals surface area (Å²) in [5.41, 5.74) is 1.05. The Labute approximate surface area is 115 Å². The number of aliphatic carboxylic acids is 2. The van der Waals surface area contributed by atoms with Crippen LogP contribution in [0.4, 0.5) is 0 Å². The van der Waals surface area contributed by atoms with E-state index >= 15 is 0 Å². The molecule has 0 fully saturated rings. The Balaban J connectivity index is 2.68. The van der Waals surface area contributed by atoms with Crippen molar-refractivity contribution in [1.82, 2.24) is 0 Å². The number of hydrogen-bond donors (Lipinski definition) is 3. The van der Waals surface area contributed by atoms with Crippen molar-refractivity contribution >= 4 is 11.9 Å². The number of benzene rings is 1. The Hall–Kier alpha value is -2.12. The Morgan fingerprint density at radius 1 is 1.05 bits per heavy atom. The first-order valence-corrected chi connectivity index (χ1v) is 5.90. The van der Waals surface area contributed by atoms with Crippen molar-refractivity contribution in [2.45, 2.75) is 32.0 Å². The number of aliphatic hydroxyl groups is 1. The van der Waals surface area contributed by atoms with Crippen molar-refractivity contribution in [3.8, 4) is 5.75 Å². The van der Waals surface area contributed by atoms with Crippen LogP contribution in [-0.2, 0) is 14.5 Å². The zero-order valence-corrected chi connectivity index (χ0v) is 11.0. The van der Waals surface area contributed by atoms with Crippen LogP contribution in [0.5, 0.6) is 5.75 Å². The van der Waals surface area contributed by atoms with E-state index in [-0.39, 0.29) is 5.75 Å². The van der Waals surface area contributed by atoms with Crippen molar-refractivity contribution < 1.29 is 34.7 Å². The first-order valence-electron chi connectivity index (χ1n) is 5.90. The molecule has 0 bridgehead atoms. The maximum absolute atomic E-state index is 10.8. The van der Waals surface area contributed by atoms with Gasteiger partial charge in [-0.1, -0.05) is 26.0 Å². The standard InChI is InChI=1S/C13H16O7/c1-7(2)8-3-5-9(6-4-8)19-20-11(13(17)18)10(14)12(15)16/h3-7,10-11,14H,1-2H3,(H,15,16)(H,17,18). The molecule has 0 spiro atoms. The van der Waals surface area contributed by atoms with Gasteiger partial charge in [-0.05, 0) is 23.6 Å². The summed E-state index contributed by atoms with van der Waals surface area (Å²) in [5.74, 6) is -2.82. The van der Waals surface area contributed by atoms with Crippen LogP contribution in [0.3, 0.4) is 0 Å². The molecule has 0 radical (unpaired) electrons. The molecule has 0 aliphatic rings. The van der Waals surface area contributed by atoms with E-state index in [4.69, 9.17) is 20.2 Å². The SMILES string of the molecule is CC(C)c1ccc(OOC(C(=O)O)C(O)C(=O)O)cc1. The van der Waals surface area contributed by atoms with Gasteiger partial charge in [0.05, 0.1) is 0 Å². The first kappa shape index (κ1) is 15.9. The molecule has 1 aromatic carbocycles.